The fraction of sp³-hybridized carbons (Fsp3) is 0.235. The van der Waals surface area contributed by atoms with E-state index < -0.39 is 0 Å². The summed E-state index contributed by atoms with van der Waals surface area (Å²) in [6.45, 7) is 4.02. The lowest BCUT2D eigenvalue weighted by molar-refractivity contribution is -0.120. The maximum absolute atomic E-state index is 12.7. The zero-order valence-electron chi connectivity index (χ0n) is 22.8. The average Bonchev–Trinajstić information content (AvgIpc) is 3.32. The van der Waals surface area contributed by atoms with E-state index in [2.05, 4.69) is 40.2 Å². The Labute approximate surface area is 240 Å². The number of nitrogens with zero attached hydrogens (tertiary/aromatic N) is 2. The number of nitrogens with one attached hydrogen (secondary N) is 1. The minimum Gasteiger partial charge on any atom is -0.494 e. The summed E-state index contributed by atoms with van der Waals surface area (Å²) in [4.78, 5) is 17.5. The molecule has 0 aliphatic rings. The summed E-state index contributed by atoms with van der Waals surface area (Å²) in [5.41, 5.74) is 6.44. The van der Waals surface area contributed by atoms with Crippen LogP contribution in [0, 0.1) is 6.92 Å². The van der Waals surface area contributed by atoms with Crippen molar-refractivity contribution in [2.45, 2.75) is 39.2 Å². The average molecular weight is 552 g/mol. The number of benzene rings is 4. The Kier molecular flexibility index (Phi) is 9.15. The molecule has 5 nitrogen and oxygen atoms in total. The van der Waals surface area contributed by atoms with E-state index in [4.69, 9.17) is 21.3 Å². The van der Waals surface area contributed by atoms with E-state index in [0.717, 1.165) is 63.7 Å². The first-order valence-corrected chi connectivity index (χ1v) is 14.2. The smallest absolute Gasteiger partial charge is 0.224 e. The Morgan fingerprint density at radius 2 is 1.65 bits per heavy atom. The molecule has 0 fully saturated rings. The zero-order valence-corrected chi connectivity index (χ0v) is 23.5. The van der Waals surface area contributed by atoms with Crippen molar-refractivity contribution >= 4 is 28.5 Å². The predicted octanol–water partition coefficient (Wildman–Crippen LogP) is 7.43. The lowest BCUT2D eigenvalue weighted by Crippen LogP contribution is -2.28. The predicted molar refractivity (Wildman–Crippen MR) is 163 cm³/mol. The third-order valence-electron chi connectivity index (χ3n) is 7.00. The van der Waals surface area contributed by atoms with Crippen molar-refractivity contribution in [1.29, 1.82) is 0 Å². The number of carbonyl (C=O) groups excluding carboxylic acids is 1. The number of aromatic nitrogens is 2. The van der Waals surface area contributed by atoms with Gasteiger partial charge in [0.2, 0.25) is 5.91 Å². The van der Waals surface area contributed by atoms with Crippen LogP contribution in [0.1, 0.15) is 29.8 Å². The van der Waals surface area contributed by atoms with Crippen molar-refractivity contribution in [1.82, 2.24) is 14.9 Å². The summed E-state index contributed by atoms with van der Waals surface area (Å²) in [7, 11) is 0. The number of amides is 1. The van der Waals surface area contributed by atoms with Gasteiger partial charge in [0.05, 0.1) is 24.1 Å². The number of imidazole rings is 1. The van der Waals surface area contributed by atoms with Crippen LogP contribution in [0.2, 0.25) is 5.02 Å². The standard InChI is InChI=1S/C34H34ClN3O2/c1-25-23-29(17-18-30(25)35)40-22-8-7-21-38-32-12-6-5-11-31(32)37-33(38)19-20-36-34(39)24-26-13-15-28(16-14-26)27-9-3-2-4-10-27/h2-6,9-18,23H,7-8,19-22,24H2,1H3,(H,36,39). The Hall–Kier alpha value is -4.09. The van der Waals surface area contributed by atoms with Gasteiger partial charge in [-0.2, -0.15) is 0 Å². The molecular formula is C34H34ClN3O2. The maximum Gasteiger partial charge on any atom is 0.224 e. The lowest BCUT2D eigenvalue weighted by Gasteiger charge is -2.11. The fourth-order valence-corrected chi connectivity index (χ4v) is 4.96. The van der Waals surface area contributed by atoms with Gasteiger partial charge in [0.1, 0.15) is 11.6 Å². The summed E-state index contributed by atoms with van der Waals surface area (Å²) in [5.74, 6) is 1.85. The van der Waals surface area contributed by atoms with Crippen LogP contribution in [-0.4, -0.2) is 28.6 Å². The second-order valence-corrected chi connectivity index (χ2v) is 10.4. The number of fused-ring (bicyclic) bond motifs is 1. The molecule has 1 N–H and O–H groups in total. The van der Waals surface area contributed by atoms with Gasteiger partial charge in [0, 0.05) is 24.5 Å². The highest BCUT2D eigenvalue weighted by molar-refractivity contribution is 6.31. The van der Waals surface area contributed by atoms with Crippen LogP contribution in [0.4, 0.5) is 0 Å². The second-order valence-electron chi connectivity index (χ2n) is 9.97. The summed E-state index contributed by atoms with van der Waals surface area (Å²) in [6, 6.07) is 32.4. The number of para-hydroxylation sites is 2. The molecule has 204 valence electrons. The van der Waals surface area contributed by atoms with E-state index in [1.54, 1.807) is 0 Å². The molecule has 0 unspecified atom stereocenters. The molecule has 0 radical (unpaired) electrons. The first-order valence-electron chi connectivity index (χ1n) is 13.8. The number of rotatable bonds is 12. The third-order valence-corrected chi connectivity index (χ3v) is 7.43. The molecular weight excluding hydrogens is 518 g/mol. The Balaban J connectivity index is 1.12. The van der Waals surface area contributed by atoms with Crippen molar-refractivity contribution in [3.63, 3.8) is 0 Å². The largest absolute Gasteiger partial charge is 0.494 e. The number of hydrogen-bond acceptors (Lipinski definition) is 3. The minimum absolute atomic E-state index is 0.0182. The van der Waals surface area contributed by atoms with E-state index in [1.165, 1.54) is 5.56 Å². The van der Waals surface area contributed by atoms with Crippen LogP contribution in [0.25, 0.3) is 22.2 Å². The van der Waals surface area contributed by atoms with Gasteiger partial charge in [0.25, 0.3) is 0 Å². The van der Waals surface area contributed by atoms with Crippen molar-refractivity contribution in [2.75, 3.05) is 13.2 Å². The van der Waals surface area contributed by atoms with Crippen LogP contribution in [-0.2, 0) is 24.2 Å². The monoisotopic (exact) mass is 551 g/mol. The first-order chi connectivity index (χ1) is 19.6. The molecule has 0 saturated carbocycles. The normalized spacial score (nSPS) is 11.1. The lowest BCUT2D eigenvalue weighted by atomic mass is 10.0. The molecule has 0 aliphatic heterocycles. The van der Waals surface area contributed by atoms with Crippen LogP contribution < -0.4 is 10.1 Å². The number of ether oxygens (including phenoxy) is 1. The molecule has 1 heterocycles. The van der Waals surface area contributed by atoms with Gasteiger partial charge in [0.15, 0.2) is 0 Å². The molecule has 0 bridgehead atoms. The number of hydrogen-bond donors (Lipinski definition) is 1. The van der Waals surface area contributed by atoms with Gasteiger partial charge in [-0.05, 0) is 72.4 Å². The third kappa shape index (κ3) is 7.10. The molecule has 1 amide bonds. The maximum atomic E-state index is 12.7. The number of aryl methyl sites for hydroxylation is 2. The van der Waals surface area contributed by atoms with Gasteiger partial charge in [-0.15, -0.1) is 0 Å². The topological polar surface area (TPSA) is 56.1 Å². The van der Waals surface area contributed by atoms with Gasteiger partial charge in [-0.25, -0.2) is 4.98 Å². The van der Waals surface area contributed by atoms with Crippen LogP contribution in [0.5, 0.6) is 5.75 Å². The fourth-order valence-electron chi connectivity index (χ4n) is 4.84. The zero-order chi connectivity index (χ0) is 27.7. The molecule has 5 rings (SSSR count). The molecule has 1 aromatic heterocycles. The number of halogens is 1. The minimum atomic E-state index is 0.0182. The van der Waals surface area contributed by atoms with Gasteiger partial charge < -0.3 is 14.6 Å². The van der Waals surface area contributed by atoms with E-state index in [1.807, 2.05) is 73.7 Å². The van der Waals surface area contributed by atoms with Crippen LogP contribution >= 0.6 is 11.6 Å². The van der Waals surface area contributed by atoms with E-state index in [0.29, 0.717) is 26.0 Å². The number of carbonyl (C=O) groups is 1. The SMILES string of the molecule is Cc1cc(OCCCCn2c(CCNC(=O)Cc3ccc(-c4ccccc4)cc3)nc3ccccc32)ccc1Cl. The van der Waals surface area contributed by atoms with E-state index in [-0.39, 0.29) is 5.91 Å². The van der Waals surface area contributed by atoms with Crippen molar-refractivity contribution in [3.05, 3.63) is 119 Å². The quantitative estimate of drug-likeness (QED) is 0.164. The highest BCUT2D eigenvalue weighted by Gasteiger charge is 2.11. The van der Waals surface area contributed by atoms with Crippen molar-refractivity contribution < 1.29 is 9.53 Å². The van der Waals surface area contributed by atoms with Crippen LogP contribution in [0.3, 0.4) is 0 Å². The molecule has 5 aromatic rings. The summed E-state index contributed by atoms with van der Waals surface area (Å²) < 4.78 is 8.19. The molecule has 0 saturated heterocycles. The molecule has 6 heteroatoms. The highest BCUT2D eigenvalue weighted by atomic mass is 35.5. The first kappa shape index (κ1) is 27.5. The van der Waals surface area contributed by atoms with E-state index >= 15 is 0 Å². The molecule has 4 aromatic carbocycles. The van der Waals surface area contributed by atoms with E-state index in [9.17, 15) is 4.79 Å². The molecule has 40 heavy (non-hydrogen) atoms. The van der Waals surface area contributed by atoms with Crippen molar-refractivity contribution in [3.8, 4) is 16.9 Å². The van der Waals surface area contributed by atoms with Crippen molar-refractivity contribution in [2.24, 2.45) is 0 Å². The molecule has 0 atom stereocenters. The summed E-state index contributed by atoms with van der Waals surface area (Å²) in [5, 5.41) is 3.83. The Morgan fingerprint density at radius 1 is 0.900 bits per heavy atom. The van der Waals surface area contributed by atoms with Gasteiger partial charge >= 0.3 is 0 Å². The summed E-state index contributed by atoms with van der Waals surface area (Å²) in [6.07, 6.45) is 2.92. The van der Waals surface area contributed by atoms with Gasteiger partial charge in [-0.1, -0.05) is 78.3 Å². The second kappa shape index (κ2) is 13.3. The number of unbranched alkanes of at least 4 members (excludes halogenated alkanes) is 1. The van der Waals surface area contributed by atoms with Crippen LogP contribution in [0.15, 0.2) is 97.1 Å². The molecule has 0 spiro atoms. The Bertz CT molecular complexity index is 1560. The summed E-state index contributed by atoms with van der Waals surface area (Å²) >= 11 is 6.11. The highest BCUT2D eigenvalue weighted by Crippen LogP contribution is 2.22. The Morgan fingerprint density at radius 3 is 2.45 bits per heavy atom. The molecule has 0 aliphatic carbocycles. The van der Waals surface area contributed by atoms with Gasteiger partial charge in [-0.3, -0.25) is 4.79 Å².